The summed E-state index contributed by atoms with van der Waals surface area (Å²) in [7, 11) is -3.69. The number of carbonyl (C=O) groups is 3. The van der Waals surface area contributed by atoms with Gasteiger partial charge in [-0.05, 0) is 80.5 Å². The van der Waals surface area contributed by atoms with Crippen molar-refractivity contribution in [3.05, 3.63) is 62.6 Å². The van der Waals surface area contributed by atoms with Gasteiger partial charge in [-0.25, -0.2) is 18.0 Å². The Morgan fingerprint density at radius 2 is 1.58 bits per heavy atom. The summed E-state index contributed by atoms with van der Waals surface area (Å²) in [6.07, 6.45) is -5.74. The molecule has 268 valence electrons. The third-order valence-electron chi connectivity index (χ3n) is 7.24. The molecule has 2 rings (SSSR count). The first-order chi connectivity index (χ1) is 21.9. The lowest BCUT2D eigenvalue weighted by Gasteiger charge is -2.33. The van der Waals surface area contributed by atoms with Gasteiger partial charge in [0.25, 0.3) is 5.91 Å². The summed E-state index contributed by atoms with van der Waals surface area (Å²) in [5.41, 5.74) is -3.14. The van der Waals surface area contributed by atoms with E-state index in [9.17, 15) is 41.1 Å². The largest absolute Gasteiger partial charge is 0.480 e. The fraction of sp³-hybridized carbons (Fsp3) is 0.531. The minimum atomic E-state index is -4.91. The maximum atomic E-state index is 14.3. The van der Waals surface area contributed by atoms with Crippen LogP contribution in [0.25, 0.3) is 0 Å². The number of alkyl halides is 3. The summed E-state index contributed by atoms with van der Waals surface area (Å²) in [5, 5.41) is 17.3. The average molecular weight is 741 g/mol. The highest BCUT2D eigenvalue weighted by Gasteiger charge is 2.36. The molecule has 0 aliphatic carbocycles. The Morgan fingerprint density at radius 1 is 0.958 bits per heavy atom. The third kappa shape index (κ3) is 12.1. The van der Waals surface area contributed by atoms with Gasteiger partial charge >= 0.3 is 18.2 Å². The molecule has 0 saturated heterocycles. The number of alkyl carbamates (subject to hydrolysis) is 1. The number of sulfone groups is 1. The first-order valence-electron chi connectivity index (χ1n) is 15.0. The summed E-state index contributed by atoms with van der Waals surface area (Å²) in [5.74, 6) is -2.44. The van der Waals surface area contributed by atoms with Crippen molar-refractivity contribution < 1.29 is 45.8 Å². The molecule has 0 radical (unpaired) electrons. The summed E-state index contributed by atoms with van der Waals surface area (Å²) in [4.78, 5) is 37.0. The lowest BCUT2D eigenvalue weighted by atomic mass is 9.83. The van der Waals surface area contributed by atoms with E-state index in [0.29, 0.717) is 6.07 Å². The average Bonchev–Trinajstić information content (AvgIpc) is 2.93. The smallest absolute Gasteiger partial charge is 0.416 e. The van der Waals surface area contributed by atoms with Crippen LogP contribution in [0.4, 0.5) is 18.0 Å². The number of ether oxygens (including phenoxy) is 1. The van der Waals surface area contributed by atoms with Crippen molar-refractivity contribution in [3.8, 4) is 0 Å². The van der Waals surface area contributed by atoms with E-state index in [-0.39, 0.29) is 57.8 Å². The van der Waals surface area contributed by atoms with Gasteiger partial charge in [-0.15, -0.1) is 0 Å². The predicted molar refractivity (Wildman–Crippen MR) is 177 cm³/mol. The number of carboxylic acids is 1. The standard InChI is InChI=1S/C32H42Cl2F3N3O7S/c1-8-48(45,46)25-11-9-20(33)13-19(25)16-39-27(41)18-14-22(32(35,36)37)21(23(34)15-18)17-38-26(30(2,3)4)12-10-24(28(42)43)40-29(44)47-31(5,6)7/h9,11,13-15,24,26,38H,8,10,12,16-17H2,1-7H3,(H,39,41)(H,40,44)(H,42,43)/t24-,26?/m0/s1. The summed E-state index contributed by atoms with van der Waals surface area (Å²) in [6, 6.07) is 3.93. The second-order valence-corrected chi connectivity index (χ2v) is 16.3. The number of amides is 2. The summed E-state index contributed by atoms with van der Waals surface area (Å²) in [6.45, 7) is 11.1. The van der Waals surface area contributed by atoms with E-state index in [1.165, 1.54) is 25.1 Å². The molecule has 0 bridgehead atoms. The highest BCUT2D eigenvalue weighted by molar-refractivity contribution is 7.91. The van der Waals surface area contributed by atoms with E-state index in [0.717, 1.165) is 6.07 Å². The number of aliphatic carboxylic acids is 1. The molecule has 0 aliphatic heterocycles. The number of benzene rings is 2. The van der Waals surface area contributed by atoms with E-state index in [2.05, 4.69) is 16.0 Å². The summed E-state index contributed by atoms with van der Waals surface area (Å²) >= 11 is 12.4. The normalized spacial score (nSPS) is 13.8. The maximum absolute atomic E-state index is 14.3. The van der Waals surface area contributed by atoms with Crippen LogP contribution in [-0.2, 0) is 38.6 Å². The Bertz CT molecular complexity index is 1610. The number of carbonyl (C=O) groups excluding carboxylic acids is 2. The zero-order valence-corrected chi connectivity index (χ0v) is 30.1. The fourth-order valence-electron chi connectivity index (χ4n) is 4.73. The molecule has 0 saturated carbocycles. The van der Waals surface area contributed by atoms with Crippen molar-refractivity contribution in [3.63, 3.8) is 0 Å². The molecule has 2 amide bonds. The van der Waals surface area contributed by atoms with Gasteiger partial charge in [-0.2, -0.15) is 13.2 Å². The van der Waals surface area contributed by atoms with Crippen molar-refractivity contribution in [2.24, 2.45) is 5.41 Å². The second-order valence-electron chi connectivity index (χ2n) is 13.2. The van der Waals surface area contributed by atoms with Crippen molar-refractivity contribution in [2.75, 3.05) is 5.75 Å². The topological polar surface area (TPSA) is 151 Å². The minimum Gasteiger partial charge on any atom is -0.480 e. The van der Waals surface area contributed by atoms with Crippen LogP contribution in [0.5, 0.6) is 0 Å². The molecular formula is C32H42Cl2F3N3O7S. The van der Waals surface area contributed by atoms with Crippen LogP contribution in [0.1, 0.15) is 88.4 Å². The highest BCUT2D eigenvalue weighted by atomic mass is 35.5. The zero-order valence-electron chi connectivity index (χ0n) is 27.8. The molecule has 0 heterocycles. The van der Waals surface area contributed by atoms with E-state index in [4.69, 9.17) is 27.9 Å². The number of carboxylic acid groups (broad SMARTS) is 1. The van der Waals surface area contributed by atoms with E-state index >= 15 is 0 Å². The molecule has 2 atom stereocenters. The molecule has 0 spiro atoms. The third-order valence-corrected chi connectivity index (χ3v) is 9.64. The molecule has 2 aromatic rings. The quantitative estimate of drug-likeness (QED) is 0.172. The van der Waals surface area contributed by atoms with E-state index in [1.807, 2.05) is 20.8 Å². The lowest BCUT2D eigenvalue weighted by molar-refractivity contribution is -0.140. The van der Waals surface area contributed by atoms with Gasteiger partial charge in [0.1, 0.15) is 11.6 Å². The lowest BCUT2D eigenvalue weighted by Crippen LogP contribution is -2.46. The van der Waals surface area contributed by atoms with Gasteiger partial charge in [-0.1, -0.05) is 50.9 Å². The number of halogens is 5. The Kier molecular flexibility index (Phi) is 13.8. The van der Waals surface area contributed by atoms with Crippen LogP contribution in [0.2, 0.25) is 10.0 Å². The van der Waals surface area contributed by atoms with Gasteiger partial charge in [0.15, 0.2) is 9.84 Å². The number of rotatable bonds is 13. The van der Waals surface area contributed by atoms with Crippen LogP contribution in [0, 0.1) is 5.41 Å². The molecule has 48 heavy (non-hydrogen) atoms. The number of hydrogen-bond donors (Lipinski definition) is 4. The Hall–Kier alpha value is -3.07. The molecule has 0 aliphatic rings. The molecule has 0 aromatic heterocycles. The number of hydrogen-bond acceptors (Lipinski definition) is 7. The monoisotopic (exact) mass is 739 g/mol. The molecule has 16 heteroatoms. The Morgan fingerprint density at radius 3 is 2.10 bits per heavy atom. The van der Waals surface area contributed by atoms with Crippen LogP contribution >= 0.6 is 23.2 Å². The van der Waals surface area contributed by atoms with Crippen LogP contribution in [-0.4, -0.2) is 54.9 Å². The Labute approximate surface area is 289 Å². The van der Waals surface area contributed by atoms with Crippen molar-refractivity contribution in [2.45, 2.75) is 103 Å². The van der Waals surface area contributed by atoms with Gasteiger partial charge in [0.2, 0.25) is 0 Å². The van der Waals surface area contributed by atoms with Crippen LogP contribution in [0.3, 0.4) is 0 Å². The number of nitrogens with one attached hydrogen (secondary N) is 3. The highest BCUT2D eigenvalue weighted by Crippen LogP contribution is 2.37. The first kappa shape index (κ1) is 41.1. The van der Waals surface area contributed by atoms with Gasteiger partial charge in [0, 0.05) is 34.7 Å². The molecule has 10 nitrogen and oxygen atoms in total. The predicted octanol–water partition coefficient (Wildman–Crippen LogP) is 7.00. The van der Waals surface area contributed by atoms with Gasteiger partial charge < -0.3 is 25.8 Å². The van der Waals surface area contributed by atoms with E-state index < -0.39 is 68.2 Å². The van der Waals surface area contributed by atoms with Crippen molar-refractivity contribution >= 4 is 51.0 Å². The summed E-state index contributed by atoms with van der Waals surface area (Å²) < 4.78 is 73.1. The maximum Gasteiger partial charge on any atom is 0.416 e. The molecule has 1 unspecified atom stereocenters. The SMILES string of the molecule is CCS(=O)(=O)c1ccc(Cl)cc1CNC(=O)c1cc(Cl)c(CNC(CC[C@H](NC(=O)OC(C)(C)C)C(=O)O)C(C)(C)C)c(C(F)(F)F)c1. The molecular weight excluding hydrogens is 698 g/mol. The fourth-order valence-corrected chi connectivity index (χ4v) is 6.33. The molecule has 0 fully saturated rings. The van der Waals surface area contributed by atoms with Crippen molar-refractivity contribution in [1.82, 2.24) is 16.0 Å². The Balaban J connectivity index is 2.30. The molecule has 2 aromatic carbocycles. The minimum absolute atomic E-state index is 0.0591. The first-order valence-corrected chi connectivity index (χ1v) is 17.4. The van der Waals surface area contributed by atoms with Crippen LogP contribution in [0.15, 0.2) is 35.2 Å². The molecule has 4 N–H and O–H groups in total. The second kappa shape index (κ2) is 16.1. The zero-order chi connectivity index (χ0) is 36.8. The van der Waals surface area contributed by atoms with Gasteiger partial charge in [-0.3, -0.25) is 4.79 Å². The van der Waals surface area contributed by atoms with E-state index in [1.54, 1.807) is 20.8 Å². The van der Waals surface area contributed by atoms with Crippen LogP contribution < -0.4 is 16.0 Å². The van der Waals surface area contributed by atoms with Gasteiger partial charge in [0.05, 0.1) is 16.2 Å². The van der Waals surface area contributed by atoms with Crippen molar-refractivity contribution in [1.29, 1.82) is 0 Å².